The van der Waals surface area contributed by atoms with Crippen molar-refractivity contribution in [3.63, 3.8) is 0 Å². The highest BCUT2D eigenvalue weighted by Crippen LogP contribution is 2.36. The third kappa shape index (κ3) is 3.91. The predicted molar refractivity (Wildman–Crippen MR) is 124 cm³/mol. The van der Waals surface area contributed by atoms with Crippen LogP contribution in [-0.2, 0) is 4.79 Å². The number of rotatable bonds is 5. The van der Waals surface area contributed by atoms with E-state index in [2.05, 4.69) is 25.6 Å². The molecule has 164 valence electrons. The SMILES string of the molecule is COc1ccc(-c2nc3n(n2)[C@@H](c2ccccn2)C(C(=O)Nc2cccnc2)=C(C)N3)cc1. The third-order valence-corrected chi connectivity index (χ3v) is 5.33. The van der Waals surface area contributed by atoms with Crippen molar-refractivity contribution in [3.05, 3.63) is 90.2 Å². The minimum absolute atomic E-state index is 0.268. The summed E-state index contributed by atoms with van der Waals surface area (Å²) in [5.41, 5.74) is 3.29. The molecule has 4 aromatic rings. The van der Waals surface area contributed by atoms with Crippen LogP contribution in [0.1, 0.15) is 18.7 Å². The van der Waals surface area contributed by atoms with Gasteiger partial charge in [-0.1, -0.05) is 6.07 Å². The molecule has 0 aliphatic carbocycles. The van der Waals surface area contributed by atoms with Gasteiger partial charge in [-0.05, 0) is 55.5 Å². The highest BCUT2D eigenvalue weighted by atomic mass is 16.5. The van der Waals surface area contributed by atoms with Crippen molar-refractivity contribution in [2.45, 2.75) is 13.0 Å². The van der Waals surface area contributed by atoms with E-state index in [0.717, 1.165) is 11.3 Å². The summed E-state index contributed by atoms with van der Waals surface area (Å²) in [5, 5.41) is 10.9. The molecule has 9 nitrogen and oxygen atoms in total. The number of nitrogens with zero attached hydrogens (tertiary/aromatic N) is 5. The summed E-state index contributed by atoms with van der Waals surface area (Å²) in [6.45, 7) is 1.85. The Morgan fingerprint density at radius 1 is 1.09 bits per heavy atom. The maximum absolute atomic E-state index is 13.4. The molecule has 0 saturated carbocycles. The Labute approximate surface area is 190 Å². The van der Waals surface area contributed by atoms with Gasteiger partial charge in [0.1, 0.15) is 11.8 Å². The van der Waals surface area contributed by atoms with Crippen LogP contribution < -0.4 is 15.4 Å². The smallest absolute Gasteiger partial charge is 0.255 e. The van der Waals surface area contributed by atoms with Crippen LogP contribution in [0.4, 0.5) is 11.6 Å². The summed E-state index contributed by atoms with van der Waals surface area (Å²) < 4.78 is 6.94. The highest BCUT2D eigenvalue weighted by molar-refractivity contribution is 6.05. The second kappa shape index (κ2) is 8.54. The third-order valence-electron chi connectivity index (χ3n) is 5.33. The Hall–Kier alpha value is -4.53. The van der Waals surface area contributed by atoms with Crippen LogP contribution in [0.5, 0.6) is 5.75 Å². The van der Waals surface area contributed by atoms with Crippen LogP contribution in [0.3, 0.4) is 0 Å². The van der Waals surface area contributed by atoms with Gasteiger partial charge >= 0.3 is 0 Å². The molecule has 0 spiro atoms. The van der Waals surface area contributed by atoms with Crippen LogP contribution >= 0.6 is 0 Å². The molecule has 2 N–H and O–H groups in total. The number of hydrogen-bond acceptors (Lipinski definition) is 7. The Bertz CT molecular complexity index is 1320. The largest absolute Gasteiger partial charge is 0.497 e. The number of allylic oxidation sites excluding steroid dienone is 1. The van der Waals surface area contributed by atoms with Crippen LogP contribution in [0, 0.1) is 0 Å². The summed E-state index contributed by atoms with van der Waals surface area (Å²) in [7, 11) is 1.62. The number of amides is 1. The topological polar surface area (TPSA) is 107 Å². The maximum atomic E-state index is 13.4. The maximum Gasteiger partial charge on any atom is 0.255 e. The first-order valence-corrected chi connectivity index (χ1v) is 10.3. The Morgan fingerprint density at radius 3 is 2.64 bits per heavy atom. The first-order valence-electron chi connectivity index (χ1n) is 10.3. The van der Waals surface area contributed by atoms with Gasteiger partial charge < -0.3 is 15.4 Å². The lowest BCUT2D eigenvalue weighted by atomic mass is 9.98. The minimum Gasteiger partial charge on any atom is -0.497 e. The van der Waals surface area contributed by atoms with E-state index in [1.54, 1.807) is 42.5 Å². The van der Waals surface area contributed by atoms with Gasteiger partial charge in [-0.15, -0.1) is 5.10 Å². The highest BCUT2D eigenvalue weighted by Gasteiger charge is 2.35. The normalized spacial score (nSPS) is 14.9. The van der Waals surface area contributed by atoms with Gasteiger partial charge in [-0.3, -0.25) is 14.8 Å². The van der Waals surface area contributed by atoms with Crippen molar-refractivity contribution >= 4 is 17.5 Å². The van der Waals surface area contributed by atoms with E-state index < -0.39 is 6.04 Å². The Morgan fingerprint density at radius 2 is 1.94 bits per heavy atom. The fourth-order valence-corrected chi connectivity index (χ4v) is 3.75. The van der Waals surface area contributed by atoms with Crippen LogP contribution in [0.15, 0.2) is 84.5 Å². The zero-order chi connectivity index (χ0) is 22.8. The molecule has 4 heterocycles. The zero-order valence-electron chi connectivity index (χ0n) is 18.1. The minimum atomic E-state index is -0.557. The second-order valence-electron chi connectivity index (χ2n) is 7.45. The number of aromatic nitrogens is 5. The van der Waals surface area contributed by atoms with Gasteiger partial charge in [0.2, 0.25) is 5.95 Å². The van der Waals surface area contributed by atoms with E-state index in [9.17, 15) is 4.79 Å². The molecule has 1 aromatic carbocycles. The molecule has 1 aliphatic rings. The average molecular weight is 439 g/mol. The molecule has 3 aromatic heterocycles. The molecule has 0 saturated heterocycles. The second-order valence-corrected chi connectivity index (χ2v) is 7.45. The van der Waals surface area contributed by atoms with Gasteiger partial charge in [0.15, 0.2) is 5.82 Å². The van der Waals surface area contributed by atoms with Crippen molar-refractivity contribution < 1.29 is 9.53 Å². The molecular formula is C24H21N7O2. The van der Waals surface area contributed by atoms with Gasteiger partial charge in [0.05, 0.1) is 30.3 Å². The Kier molecular flexibility index (Phi) is 5.27. The van der Waals surface area contributed by atoms with E-state index in [-0.39, 0.29) is 5.91 Å². The number of hydrogen-bond donors (Lipinski definition) is 2. The molecular weight excluding hydrogens is 418 g/mol. The molecule has 5 rings (SSSR count). The molecule has 9 heteroatoms. The van der Waals surface area contributed by atoms with Crippen molar-refractivity contribution in [3.8, 4) is 17.1 Å². The number of fused-ring (bicyclic) bond motifs is 1. The first-order chi connectivity index (χ1) is 16.1. The number of methoxy groups -OCH3 is 1. The summed E-state index contributed by atoms with van der Waals surface area (Å²) in [6.07, 6.45) is 4.95. The lowest BCUT2D eigenvalue weighted by molar-refractivity contribution is -0.113. The van der Waals surface area contributed by atoms with Gasteiger partial charge in [-0.2, -0.15) is 4.98 Å². The number of anilines is 2. The monoisotopic (exact) mass is 439 g/mol. The zero-order valence-corrected chi connectivity index (χ0v) is 18.1. The van der Waals surface area contributed by atoms with E-state index in [1.807, 2.05) is 49.4 Å². The van der Waals surface area contributed by atoms with Crippen LogP contribution in [0.25, 0.3) is 11.4 Å². The lowest BCUT2D eigenvalue weighted by Gasteiger charge is -2.27. The van der Waals surface area contributed by atoms with E-state index in [4.69, 9.17) is 9.84 Å². The number of nitrogens with one attached hydrogen (secondary N) is 2. The first kappa shape index (κ1) is 20.4. The molecule has 1 amide bonds. The van der Waals surface area contributed by atoms with E-state index in [1.165, 1.54) is 0 Å². The van der Waals surface area contributed by atoms with Crippen molar-refractivity contribution in [1.29, 1.82) is 0 Å². The summed E-state index contributed by atoms with van der Waals surface area (Å²) in [4.78, 5) is 26.6. The standard InChI is InChI=1S/C24H21N7O2/c1-15-20(23(32)28-17-6-5-12-25-14-17)21(19-7-3-4-13-26-19)31-24(27-15)29-22(30-31)16-8-10-18(33-2)11-9-16/h3-14,21H,1-2H3,(H,28,32)(H,27,29,30)/t21-/m0/s1. The molecule has 0 bridgehead atoms. The molecule has 1 aliphatic heterocycles. The predicted octanol–water partition coefficient (Wildman–Crippen LogP) is 3.67. The van der Waals surface area contributed by atoms with Gasteiger partial charge in [0, 0.05) is 23.7 Å². The number of carbonyl (C=O) groups is 1. The quantitative estimate of drug-likeness (QED) is 0.489. The molecule has 0 fully saturated rings. The average Bonchev–Trinajstić information content (AvgIpc) is 3.28. The van der Waals surface area contributed by atoms with Crippen molar-refractivity contribution in [1.82, 2.24) is 24.7 Å². The molecule has 33 heavy (non-hydrogen) atoms. The van der Waals surface area contributed by atoms with Crippen molar-refractivity contribution in [2.24, 2.45) is 0 Å². The lowest BCUT2D eigenvalue weighted by Crippen LogP contribution is -2.32. The van der Waals surface area contributed by atoms with Crippen LogP contribution in [-0.4, -0.2) is 37.7 Å². The van der Waals surface area contributed by atoms with Crippen molar-refractivity contribution in [2.75, 3.05) is 17.7 Å². The Balaban J connectivity index is 1.57. The fraction of sp³-hybridized carbons (Fsp3) is 0.125. The van der Waals surface area contributed by atoms with Crippen LogP contribution in [0.2, 0.25) is 0 Å². The number of pyridine rings is 2. The summed E-state index contributed by atoms with van der Waals surface area (Å²) in [6, 6.07) is 16.1. The number of benzene rings is 1. The number of carbonyl (C=O) groups excluding carboxylic acids is 1. The number of ether oxygens (including phenoxy) is 1. The summed E-state index contributed by atoms with van der Waals surface area (Å²) >= 11 is 0. The summed E-state index contributed by atoms with van der Waals surface area (Å²) in [5.74, 6) is 1.55. The fourth-order valence-electron chi connectivity index (χ4n) is 3.75. The van der Waals surface area contributed by atoms with E-state index in [0.29, 0.717) is 34.4 Å². The van der Waals surface area contributed by atoms with E-state index >= 15 is 0 Å². The molecule has 0 unspecified atom stereocenters. The van der Waals surface area contributed by atoms with Gasteiger partial charge in [0.25, 0.3) is 5.91 Å². The molecule has 0 radical (unpaired) electrons. The van der Waals surface area contributed by atoms with Gasteiger partial charge in [-0.25, -0.2) is 4.68 Å². The molecule has 1 atom stereocenters.